The van der Waals surface area contributed by atoms with E-state index in [1.54, 1.807) is 0 Å². The molecule has 2 aromatic carbocycles. The first kappa shape index (κ1) is 83.0. The van der Waals surface area contributed by atoms with Gasteiger partial charge in [-0.3, -0.25) is 0 Å². The van der Waals surface area contributed by atoms with Crippen LogP contribution in [0.15, 0.2) is 134 Å². The van der Waals surface area contributed by atoms with E-state index in [-0.39, 0.29) is 137 Å². The molecule has 0 heterocycles. The fourth-order valence-electron chi connectivity index (χ4n) is 4.50. The van der Waals surface area contributed by atoms with Gasteiger partial charge in [-0.1, -0.05) is 79.0 Å². The van der Waals surface area contributed by atoms with Crippen LogP contribution in [-0.2, 0) is 77.5 Å². The fraction of sp³-hybridized carbons (Fsp3) is 0.365. The van der Waals surface area contributed by atoms with Gasteiger partial charge in [-0.2, -0.15) is 36.4 Å². The molecular weight excluding hydrogens is 1170 g/mol. The van der Waals surface area contributed by atoms with Gasteiger partial charge in [-0.25, -0.2) is 18.6 Å². The van der Waals surface area contributed by atoms with Gasteiger partial charge in [-0.15, -0.1) is 12.8 Å². The molecule has 1 nitrogen and oxygen atoms in total. The summed E-state index contributed by atoms with van der Waals surface area (Å²) in [7, 11) is 4.07. The summed E-state index contributed by atoms with van der Waals surface area (Å²) in [6.45, 7) is 0. The van der Waals surface area contributed by atoms with Crippen LogP contribution in [0.2, 0.25) is 0 Å². The van der Waals surface area contributed by atoms with Crippen molar-refractivity contribution in [3.63, 3.8) is 0 Å². The maximum absolute atomic E-state index is 2.89. The normalized spacial score (nSPS) is 13.3. The second kappa shape index (κ2) is 71.8. The number of benzene rings is 2. The summed E-state index contributed by atoms with van der Waals surface area (Å²) in [6.07, 6.45) is 51.5. The smallest absolute Gasteiger partial charge is 0.378 e. The maximum atomic E-state index is 2.89. The van der Waals surface area contributed by atoms with Crippen LogP contribution in [-0.4, -0.2) is 14.1 Å². The standard InChI is InChI=1S/C8H11N.C6H5.5C5H8.C5H7.8CH3.3Hf/c1-9(2)8-6-4-3-5-7-8;1-2-4-6-5-3-1;6*1-2-4-5-3-1;;;;;;;;;;;/h3-7H,1-2H3;1-5H;5*1-2H,3-5H2;1-3H,4-5H2;8*1H3;;;/q;-1;;;;;;9*-1;;;+4. The maximum Gasteiger partial charge on any atom is 4.00 e. The molecule has 6 aliphatic rings. The number of anilines is 1. The summed E-state index contributed by atoms with van der Waals surface area (Å²) in [5.41, 5.74) is 1.25. The first-order valence-electron chi connectivity index (χ1n) is 17.7. The van der Waals surface area contributed by atoms with Crippen LogP contribution in [0.5, 0.6) is 0 Å². The molecule has 0 saturated heterocycles. The third-order valence-electron chi connectivity index (χ3n) is 7.19. The van der Waals surface area contributed by atoms with Crippen molar-refractivity contribution in [1.82, 2.24) is 0 Å². The predicted octanol–water partition coefficient (Wildman–Crippen LogP) is 17.0. The van der Waals surface area contributed by atoms with Crippen molar-refractivity contribution < 1.29 is 77.5 Å². The molecule has 0 N–H and O–H groups in total. The second-order valence-electron chi connectivity index (χ2n) is 11.6. The molecule has 0 bridgehead atoms. The van der Waals surface area contributed by atoms with Crippen LogP contribution in [0.3, 0.4) is 0 Å². The zero-order valence-corrected chi connectivity index (χ0v) is 49.0. The molecule has 0 radical (unpaired) electrons. The molecule has 0 saturated carbocycles. The zero-order valence-electron chi connectivity index (χ0n) is 38.2. The van der Waals surface area contributed by atoms with Crippen molar-refractivity contribution in [3.8, 4) is 0 Å². The third-order valence-corrected chi connectivity index (χ3v) is 7.19. The van der Waals surface area contributed by atoms with Gasteiger partial charge >= 0.3 is 25.8 Å². The Morgan fingerprint density at radius 2 is 0.696 bits per heavy atom. The minimum atomic E-state index is 0. The van der Waals surface area contributed by atoms with E-state index in [1.807, 2.05) is 62.6 Å². The Morgan fingerprint density at radius 1 is 0.411 bits per heavy atom. The molecule has 318 valence electrons. The Morgan fingerprint density at radius 3 is 0.804 bits per heavy atom. The van der Waals surface area contributed by atoms with Crippen molar-refractivity contribution in [1.29, 1.82) is 0 Å². The summed E-state index contributed by atoms with van der Waals surface area (Å²) < 4.78 is 0. The van der Waals surface area contributed by atoms with Gasteiger partial charge in [0.1, 0.15) is 0 Å². The molecule has 0 aliphatic heterocycles. The molecule has 0 fully saturated rings. The zero-order chi connectivity index (χ0) is 32.1. The molecule has 2 aromatic rings. The molecule has 0 unspecified atom stereocenters. The number of hydrogen-bond donors (Lipinski definition) is 0. The first-order valence-corrected chi connectivity index (χ1v) is 17.7. The molecule has 4 heteroatoms. The first-order chi connectivity index (χ1) is 22.3. The number of rotatable bonds is 1. The Labute approximate surface area is 412 Å². The molecular formula is C52H87Hf3N-6. The molecule has 56 heavy (non-hydrogen) atoms. The van der Waals surface area contributed by atoms with Crippen LogP contribution in [0.1, 0.15) is 109 Å². The van der Waals surface area contributed by atoms with E-state index >= 15 is 0 Å². The van der Waals surface area contributed by atoms with Gasteiger partial charge < -0.3 is 64.3 Å². The summed E-state index contributed by atoms with van der Waals surface area (Å²) >= 11 is 0. The summed E-state index contributed by atoms with van der Waals surface area (Å²) in [5, 5.41) is 0. The van der Waals surface area contributed by atoms with Gasteiger partial charge in [-0.05, 0) is 108 Å². The predicted molar refractivity (Wildman–Crippen MR) is 255 cm³/mol. The van der Waals surface area contributed by atoms with Gasteiger partial charge in [0, 0.05) is 71.5 Å². The van der Waals surface area contributed by atoms with E-state index < -0.39 is 0 Å². The Bertz CT molecular complexity index is 853. The van der Waals surface area contributed by atoms with Gasteiger partial charge in [0.2, 0.25) is 0 Å². The van der Waals surface area contributed by atoms with Crippen LogP contribution in [0, 0.1) is 71.9 Å². The molecule has 6 aliphatic carbocycles. The molecule has 0 spiro atoms. The van der Waals surface area contributed by atoms with Gasteiger partial charge in [0.25, 0.3) is 0 Å². The monoisotopic (exact) mass is 1270 g/mol. The second-order valence-corrected chi connectivity index (χ2v) is 11.6. The molecule has 0 aromatic heterocycles. The number of allylic oxidation sites excluding steroid dienone is 12. The van der Waals surface area contributed by atoms with Gasteiger partial charge in [0.15, 0.2) is 0 Å². The number of hydrogen-bond acceptors (Lipinski definition) is 1. The third kappa shape index (κ3) is 65.0. The van der Waals surface area contributed by atoms with Crippen LogP contribution < -0.4 is 4.90 Å². The van der Waals surface area contributed by atoms with Crippen molar-refractivity contribution in [3.05, 3.63) is 205 Å². The Kier molecular flexibility index (Phi) is 106. The molecule has 0 amide bonds. The van der Waals surface area contributed by atoms with Gasteiger partial charge in [0.05, 0.1) is 0 Å². The van der Waals surface area contributed by atoms with Crippen molar-refractivity contribution >= 4 is 5.69 Å². The number of nitrogens with zero attached hydrogens (tertiary/aromatic N) is 1. The Hall–Kier alpha value is -0.840. The van der Waals surface area contributed by atoms with Crippen LogP contribution in [0.4, 0.5) is 5.69 Å². The summed E-state index contributed by atoms with van der Waals surface area (Å²) in [5.74, 6) is 0. The number of para-hydroxylation sites is 1. The van der Waals surface area contributed by atoms with Crippen molar-refractivity contribution in [2.24, 2.45) is 0 Å². The summed E-state index contributed by atoms with van der Waals surface area (Å²) in [6, 6.07) is 22.8. The van der Waals surface area contributed by atoms with E-state index in [4.69, 9.17) is 0 Å². The Balaban J connectivity index is -0.0000000450. The minimum Gasteiger partial charge on any atom is -0.378 e. The molecule has 8 rings (SSSR count). The van der Waals surface area contributed by atoms with E-state index in [9.17, 15) is 0 Å². The minimum absolute atomic E-state index is 0. The van der Waals surface area contributed by atoms with E-state index in [1.165, 1.54) is 115 Å². The van der Waals surface area contributed by atoms with E-state index in [0.717, 1.165) is 0 Å². The van der Waals surface area contributed by atoms with Crippen molar-refractivity contribution in [2.45, 2.75) is 109 Å². The van der Waals surface area contributed by atoms with Crippen molar-refractivity contribution in [2.75, 3.05) is 19.0 Å². The summed E-state index contributed by atoms with van der Waals surface area (Å²) in [4.78, 5) is 2.08. The van der Waals surface area contributed by atoms with E-state index in [2.05, 4.69) is 102 Å². The van der Waals surface area contributed by atoms with E-state index in [0.29, 0.717) is 0 Å². The average molecular weight is 1260 g/mol. The molecule has 0 atom stereocenters. The van der Waals surface area contributed by atoms with Crippen LogP contribution in [0.25, 0.3) is 0 Å². The topological polar surface area (TPSA) is 3.24 Å². The largest absolute Gasteiger partial charge is 4.00 e. The SMILES string of the molecule is C1=CCCC1.C1=CCCC1.C1=CCCC1.C1=CCCC1.C1=CCCC1.C1=CCC[CH-]1.CN(C)c1ccccc1.[CH3-].[CH3-].[CH3-].[CH3-].[CH3-].[CH3-].[CH3-].[CH3-].[Hf+4].[Hf].[Hf].[c-]1ccccc1. The average Bonchev–Trinajstić information content (AvgIpc) is 3.99. The van der Waals surface area contributed by atoms with Crippen LogP contribution >= 0.6 is 0 Å². The fourth-order valence-corrected chi connectivity index (χ4v) is 4.50. The quantitative estimate of drug-likeness (QED) is 0.156.